The maximum absolute atomic E-state index is 13.2. The largest absolute Gasteiger partial charge is 0.489 e. The molecule has 0 heterocycles. The summed E-state index contributed by atoms with van der Waals surface area (Å²) in [5.74, 6) is 0.748. The lowest BCUT2D eigenvalue weighted by Gasteiger charge is -2.15. The van der Waals surface area contributed by atoms with Crippen LogP contribution in [-0.2, 0) is 9.84 Å². The number of benzene rings is 2. The quantitative estimate of drug-likeness (QED) is 0.350. The number of halogens is 1. The summed E-state index contributed by atoms with van der Waals surface area (Å²) in [6, 6.07) is 14.4. The van der Waals surface area contributed by atoms with Gasteiger partial charge in [0.25, 0.3) is 0 Å². The summed E-state index contributed by atoms with van der Waals surface area (Å²) >= 11 is 0. The fraction of sp³-hybridized carbons (Fsp3) is 0.381. The average molecular weight is 422 g/mol. The Morgan fingerprint density at radius 1 is 1.14 bits per heavy atom. The van der Waals surface area contributed by atoms with Crippen LogP contribution in [-0.4, -0.2) is 45.9 Å². The highest BCUT2D eigenvalue weighted by Crippen LogP contribution is 2.14. The molecule has 2 aromatic rings. The van der Waals surface area contributed by atoms with E-state index in [0.29, 0.717) is 42.7 Å². The van der Waals surface area contributed by atoms with E-state index >= 15 is 0 Å². The van der Waals surface area contributed by atoms with E-state index in [9.17, 15) is 12.8 Å². The molecule has 0 aliphatic heterocycles. The predicted molar refractivity (Wildman–Crippen MR) is 114 cm³/mol. The lowest BCUT2D eigenvalue weighted by Crippen LogP contribution is -2.39. The molecule has 0 fully saturated rings. The summed E-state index contributed by atoms with van der Waals surface area (Å²) < 4.78 is 43.5. The maximum atomic E-state index is 13.2. The fourth-order valence-corrected chi connectivity index (χ4v) is 3.92. The molecule has 6 nitrogen and oxygen atoms in total. The first-order valence-corrected chi connectivity index (χ1v) is 11.3. The zero-order chi connectivity index (χ0) is 21.1. The van der Waals surface area contributed by atoms with Crippen LogP contribution < -0.4 is 15.4 Å². The van der Waals surface area contributed by atoms with E-state index in [1.165, 1.54) is 12.1 Å². The number of sulfone groups is 1. The number of nitrogens with zero attached hydrogens (tertiary/aromatic N) is 1. The molecule has 0 bridgehead atoms. The monoisotopic (exact) mass is 421 g/mol. The van der Waals surface area contributed by atoms with Crippen molar-refractivity contribution in [2.75, 3.05) is 25.4 Å². The number of guanidine groups is 1. The third-order valence-electron chi connectivity index (χ3n) is 3.97. The van der Waals surface area contributed by atoms with Gasteiger partial charge in [-0.1, -0.05) is 24.3 Å². The Morgan fingerprint density at radius 3 is 2.59 bits per heavy atom. The highest BCUT2D eigenvalue weighted by atomic mass is 32.2. The third kappa shape index (κ3) is 8.11. The van der Waals surface area contributed by atoms with Crippen LogP contribution in [0.4, 0.5) is 4.39 Å². The van der Waals surface area contributed by atoms with E-state index in [1.54, 1.807) is 42.5 Å². The molecule has 0 radical (unpaired) electrons. The Labute approximate surface area is 172 Å². The summed E-state index contributed by atoms with van der Waals surface area (Å²) in [5, 5.41) is 6.25. The lowest BCUT2D eigenvalue weighted by atomic mass is 10.3. The van der Waals surface area contributed by atoms with Gasteiger partial charge in [-0.2, -0.15) is 0 Å². The Balaban J connectivity index is 1.81. The highest BCUT2D eigenvalue weighted by molar-refractivity contribution is 7.91. The third-order valence-corrected chi connectivity index (χ3v) is 5.79. The standard InChI is InChI=1S/C21H28FN3O3S/c1-3-23-21(25-16-17(2)28-19-10-7-9-18(22)15-19)24-13-8-14-29(26,27)20-11-5-4-6-12-20/h4-7,9-12,15,17H,3,8,13-14,16H2,1-2H3,(H2,23,24,25). The van der Waals surface area contributed by atoms with Crippen LogP contribution in [0.25, 0.3) is 0 Å². The SMILES string of the molecule is CCNC(=NCC(C)Oc1cccc(F)c1)NCCCS(=O)(=O)c1ccccc1. The van der Waals surface area contributed by atoms with Gasteiger partial charge in [0.1, 0.15) is 17.7 Å². The number of rotatable bonds is 10. The van der Waals surface area contributed by atoms with Crippen molar-refractivity contribution in [2.24, 2.45) is 4.99 Å². The van der Waals surface area contributed by atoms with Crippen molar-refractivity contribution in [3.63, 3.8) is 0 Å². The van der Waals surface area contributed by atoms with Gasteiger partial charge in [-0.25, -0.2) is 17.8 Å². The normalized spacial score (nSPS) is 13.0. The van der Waals surface area contributed by atoms with Crippen molar-refractivity contribution in [2.45, 2.75) is 31.3 Å². The molecular weight excluding hydrogens is 393 g/mol. The van der Waals surface area contributed by atoms with Gasteiger partial charge in [0, 0.05) is 19.2 Å². The maximum Gasteiger partial charge on any atom is 0.191 e. The average Bonchev–Trinajstić information content (AvgIpc) is 2.70. The molecule has 0 aliphatic carbocycles. The van der Waals surface area contributed by atoms with Gasteiger partial charge < -0.3 is 15.4 Å². The van der Waals surface area contributed by atoms with E-state index in [4.69, 9.17) is 4.74 Å². The molecule has 2 aromatic carbocycles. The van der Waals surface area contributed by atoms with Crippen molar-refractivity contribution in [1.29, 1.82) is 0 Å². The minimum absolute atomic E-state index is 0.0580. The summed E-state index contributed by atoms with van der Waals surface area (Å²) in [7, 11) is -3.29. The smallest absolute Gasteiger partial charge is 0.191 e. The van der Waals surface area contributed by atoms with Crippen LogP contribution in [0.3, 0.4) is 0 Å². The molecule has 0 spiro atoms. The molecule has 2 rings (SSSR count). The molecule has 0 saturated heterocycles. The van der Waals surface area contributed by atoms with Crippen molar-refractivity contribution < 1.29 is 17.5 Å². The minimum atomic E-state index is -3.29. The number of ether oxygens (including phenoxy) is 1. The summed E-state index contributed by atoms with van der Waals surface area (Å²) in [6.07, 6.45) is 0.211. The predicted octanol–water partition coefficient (Wildman–Crippen LogP) is 3.01. The zero-order valence-corrected chi connectivity index (χ0v) is 17.6. The van der Waals surface area contributed by atoms with Gasteiger partial charge in [0.2, 0.25) is 0 Å². The Bertz CT molecular complexity index is 889. The summed E-state index contributed by atoms with van der Waals surface area (Å²) in [5.41, 5.74) is 0. The number of aliphatic imine (C=N–C) groups is 1. The van der Waals surface area contributed by atoms with Crippen LogP contribution in [0.2, 0.25) is 0 Å². The van der Waals surface area contributed by atoms with Crippen molar-refractivity contribution in [1.82, 2.24) is 10.6 Å². The molecule has 0 aliphatic rings. The van der Waals surface area contributed by atoms with E-state index in [2.05, 4.69) is 15.6 Å². The second-order valence-electron chi connectivity index (χ2n) is 6.52. The number of hydrogen-bond donors (Lipinski definition) is 2. The fourth-order valence-electron chi connectivity index (χ4n) is 2.59. The van der Waals surface area contributed by atoms with Crippen LogP contribution in [0.1, 0.15) is 20.3 Å². The van der Waals surface area contributed by atoms with Crippen LogP contribution >= 0.6 is 0 Å². The molecule has 0 aromatic heterocycles. The van der Waals surface area contributed by atoms with Crippen LogP contribution in [0.15, 0.2) is 64.5 Å². The highest BCUT2D eigenvalue weighted by Gasteiger charge is 2.13. The van der Waals surface area contributed by atoms with Gasteiger partial charge in [-0.15, -0.1) is 0 Å². The van der Waals surface area contributed by atoms with Gasteiger partial charge in [0.15, 0.2) is 15.8 Å². The Morgan fingerprint density at radius 2 is 1.90 bits per heavy atom. The molecular formula is C21H28FN3O3S. The Hall–Kier alpha value is -2.61. The van der Waals surface area contributed by atoms with Crippen molar-refractivity contribution >= 4 is 15.8 Å². The molecule has 1 unspecified atom stereocenters. The second kappa shape index (κ2) is 11.4. The number of nitrogens with one attached hydrogen (secondary N) is 2. The van der Waals surface area contributed by atoms with E-state index in [1.807, 2.05) is 13.8 Å². The molecule has 158 valence electrons. The molecule has 8 heteroatoms. The zero-order valence-electron chi connectivity index (χ0n) is 16.8. The molecule has 2 N–H and O–H groups in total. The van der Waals surface area contributed by atoms with E-state index < -0.39 is 9.84 Å². The first-order chi connectivity index (χ1) is 13.9. The van der Waals surface area contributed by atoms with Crippen molar-refractivity contribution in [3.05, 3.63) is 60.4 Å². The molecule has 29 heavy (non-hydrogen) atoms. The van der Waals surface area contributed by atoms with Gasteiger partial charge in [-0.05, 0) is 44.5 Å². The topological polar surface area (TPSA) is 79.8 Å². The van der Waals surface area contributed by atoms with Gasteiger partial charge in [0.05, 0.1) is 17.2 Å². The summed E-state index contributed by atoms with van der Waals surface area (Å²) in [4.78, 5) is 4.79. The first-order valence-electron chi connectivity index (χ1n) is 9.63. The van der Waals surface area contributed by atoms with Crippen molar-refractivity contribution in [3.8, 4) is 5.75 Å². The van der Waals surface area contributed by atoms with E-state index in [0.717, 1.165) is 0 Å². The molecule has 1 atom stereocenters. The van der Waals surface area contributed by atoms with Gasteiger partial charge >= 0.3 is 0 Å². The van der Waals surface area contributed by atoms with Crippen LogP contribution in [0.5, 0.6) is 5.75 Å². The lowest BCUT2D eigenvalue weighted by molar-refractivity contribution is 0.229. The Kier molecular flexibility index (Phi) is 8.92. The number of hydrogen-bond acceptors (Lipinski definition) is 4. The minimum Gasteiger partial charge on any atom is -0.489 e. The van der Waals surface area contributed by atoms with E-state index in [-0.39, 0.29) is 17.7 Å². The van der Waals surface area contributed by atoms with Gasteiger partial charge in [-0.3, -0.25) is 0 Å². The summed E-state index contributed by atoms with van der Waals surface area (Å²) in [6.45, 7) is 5.31. The van der Waals surface area contributed by atoms with Crippen LogP contribution in [0, 0.1) is 5.82 Å². The molecule has 0 amide bonds. The molecule has 0 saturated carbocycles. The second-order valence-corrected chi connectivity index (χ2v) is 8.63. The first kappa shape index (κ1) is 22.7.